The van der Waals surface area contributed by atoms with Gasteiger partial charge < -0.3 is 19.6 Å². The predicted molar refractivity (Wildman–Crippen MR) is 113 cm³/mol. The lowest BCUT2D eigenvalue weighted by molar-refractivity contribution is -0.274. The lowest BCUT2D eigenvalue weighted by atomic mass is 10.0. The second-order valence-electron chi connectivity index (χ2n) is 7.67. The second-order valence-corrected chi connectivity index (χ2v) is 7.67. The van der Waals surface area contributed by atoms with Crippen LogP contribution >= 0.6 is 0 Å². The summed E-state index contributed by atoms with van der Waals surface area (Å²) in [6.45, 7) is 0.494. The average Bonchev–Trinajstić information content (AvgIpc) is 3.29. The Kier molecular flexibility index (Phi) is 6.39. The Bertz CT molecular complexity index is 1150. The normalized spacial score (nSPS) is 16.4. The minimum atomic E-state index is -4.79. The van der Waals surface area contributed by atoms with Crippen molar-refractivity contribution in [3.8, 4) is 17.0 Å². The number of alkyl halides is 3. The number of carbonyl (C=O) groups is 2. The van der Waals surface area contributed by atoms with Crippen LogP contribution in [-0.4, -0.2) is 74.1 Å². The standard InChI is InChI=1S/C22H20F3N5O4/c23-22(24,25)34-18-8-6-16(7-9-18)19-14-30(27-26-19)20(31)29-11-10-28(21(32)33)13-17(29)12-15-4-2-1-3-5-15/h1-9,14,17H,10-13H2,(H,32,33)/t17-/m1/s1. The number of carbonyl (C=O) groups excluding carboxylic acids is 1. The molecule has 0 unspecified atom stereocenters. The molecule has 1 N–H and O–H groups in total. The molecule has 0 spiro atoms. The third-order valence-corrected chi connectivity index (χ3v) is 5.39. The summed E-state index contributed by atoms with van der Waals surface area (Å²) in [6, 6.07) is 13.6. The number of amides is 2. The Morgan fingerprint density at radius 2 is 1.76 bits per heavy atom. The zero-order chi connectivity index (χ0) is 24.3. The molecule has 1 fully saturated rings. The fourth-order valence-corrected chi connectivity index (χ4v) is 3.79. The van der Waals surface area contributed by atoms with Crippen molar-refractivity contribution in [2.24, 2.45) is 0 Å². The highest BCUT2D eigenvalue weighted by Gasteiger charge is 2.34. The van der Waals surface area contributed by atoms with Gasteiger partial charge in [-0.25, -0.2) is 9.59 Å². The van der Waals surface area contributed by atoms with E-state index in [0.29, 0.717) is 12.0 Å². The van der Waals surface area contributed by atoms with Gasteiger partial charge in [0.25, 0.3) is 0 Å². The van der Waals surface area contributed by atoms with E-state index in [2.05, 4.69) is 15.0 Å². The van der Waals surface area contributed by atoms with Gasteiger partial charge in [-0.2, -0.15) is 4.68 Å². The van der Waals surface area contributed by atoms with Crippen LogP contribution in [0.4, 0.5) is 22.8 Å². The maximum Gasteiger partial charge on any atom is 0.573 e. The van der Waals surface area contributed by atoms with Crippen LogP contribution in [-0.2, 0) is 6.42 Å². The summed E-state index contributed by atoms with van der Waals surface area (Å²) in [7, 11) is 0. The molecule has 0 bridgehead atoms. The molecule has 0 radical (unpaired) electrons. The minimum Gasteiger partial charge on any atom is -0.465 e. The Morgan fingerprint density at radius 3 is 2.41 bits per heavy atom. The molecule has 2 heterocycles. The van der Waals surface area contributed by atoms with Crippen molar-refractivity contribution in [1.82, 2.24) is 24.8 Å². The van der Waals surface area contributed by atoms with Crippen molar-refractivity contribution >= 4 is 12.1 Å². The highest BCUT2D eigenvalue weighted by atomic mass is 19.4. The van der Waals surface area contributed by atoms with Crippen molar-refractivity contribution in [2.45, 2.75) is 18.8 Å². The summed E-state index contributed by atoms with van der Waals surface area (Å²) in [5.74, 6) is -0.375. The SMILES string of the molecule is O=C(O)N1CCN(C(=O)n2cc(-c3ccc(OC(F)(F)F)cc3)nn2)[C@H](Cc2ccccc2)C1. The lowest BCUT2D eigenvalue weighted by Crippen LogP contribution is -2.58. The molecule has 1 aliphatic rings. The second kappa shape index (κ2) is 9.41. The van der Waals surface area contributed by atoms with E-state index >= 15 is 0 Å². The minimum absolute atomic E-state index is 0.151. The Balaban J connectivity index is 1.51. The first-order valence-electron chi connectivity index (χ1n) is 10.3. The van der Waals surface area contributed by atoms with Gasteiger partial charge in [-0.1, -0.05) is 35.5 Å². The molecule has 34 heavy (non-hydrogen) atoms. The lowest BCUT2D eigenvalue weighted by Gasteiger charge is -2.40. The topological polar surface area (TPSA) is 101 Å². The largest absolute Gasteiger partial charge is 0.573 e. The van der Waals surface area contributed by atoms with Crippen LogP contribution in [0.1, 0.15) is 5.56 Å². The molecule has 0 aliphatic carbocycles. The zero-order valence-electron chi connectivity index (χ0n) is 17.7. The maximum atomic E-state index is 13.2. The number of halogens is 3. The van der Waals surface area contributed by atoms with Crippen LogP contribution < -0.4 is 4.74 Å². The monoisotopic (exact) mass is 475 g/mol. The number of hydrogen-bond acceptors (Lipinski definition) is 5. The zero-order valence-corrected chi connectivity index (χ0v) is 17.7. The van der Waals surface area contributed by atoms with Gasteiger partial charge in [0.15, 0.2) is 0 Å². The fraction of sp³-hybridized carbons (Fsp3) is 0.273. The number of ether oxygens (including phenoxy) is 1. The molecule has 1 aliphatic heterocycles. The van der Waals surface area contributed by atoms with E-state index in [1.165, 1.54) is 23.2 Å². The number of nitrogens with zero attached hydrogens (tertiary/aromatic N) is 5. The van der Waals surface area contributed by atoms with Gasteiger partial charge in [0.1, 0.15) is 11.4 Å². The molecule has 12 heteroatoms. The molecule has 9 nitrogen and oxygen atoms in total. The smallest absolute Gasteiger partial charge is 0.465 e. The third kappa shape index (κ3) is 5.45. The van der Waals surface area contributed by atoms with E-state index in [9.17, 15) is 27.9 Å². The number of aromatic nitrogens is 3. The summed E-state index contributed by atoms with van der Waals surface area (Å²) >= 11 is 0. The van der Waals surface area contributed by atoms with Crippen molar-refractivity contribution in [3.05, 3.63) is 66.4 Å². The van der Waals surface area contributed by atoms with E-state index < -0.39 is 24.5 Å². The van der Waals surface area contributed by atoms with Gasteiger partial charge in [-0.3, -0.25) is 0 Å². The first-order valence-corrected chi connectivity index (χ1v) is 10.3. The van der Waals surface area contributed by atoms with Crippen LogP contribution in [0, 0.1) is 0 Å². The summed E-state index contributed by atoms with van der Waals surface area (Å²) in [5.41, 5.74) is 1.69. The number of rotatable bonds is 4. The summed E-state index contributed by atoms with van der Waals surface area (Å²) in [6.07, 6.45) is -4.01. The van der Waals surface area contributed by atoms with E-state index in [4.69, 9.17) is 0 Å². The molecule has 1 saturated heterocycles. The van der Waals surface area contributed by atoms with Crippen LogP contribution in [0.25, 0.3) is 11.3 Å². The van der Waals surface area contributed by atoms with Gasteiger partial charge >= 0.3 is 18.5 Å². The van der Waals surface area contributed by atoms with E-state index in [0.717, 1.165) is 22.4 Å². The van der Waals surface area contributed by atoms with Crippen LogP contribution in [0.15, 0.2) is 60.8 Å². The number of piperazine rings is 1. The van der Waals surface area contributed by atoms with E-state index in [-0.39, 0.29) is 31.1 Å². The van der Waals surface area contributed by atoms with Crippen LogP contribution in [0.5, 0.6) is 5.75 Å². The van der Waals surface area contributed by atoms with E-state index in [1.54, 1.807) is 4.90 Å². The molecule has 2 amide bonds. The molecule has 4 rings (SSSR count). The number of carboxylic acid groups (broad SMARTS) is 1. The van der Waals surface area contributed by atoms with Gasteiger partial charge in [-0.05, 0) is 36.2 Å². The van der Waals surface area contributed by atoms with Crippen molar-refractivity contribution in [1.29, 1.82) is 0 Å². The van der Waals surface area contributed by atoms with Gasteiger partial charge in [-0.15, -0.1) is 18.3 Å². The highest BCUT2D eigenvalue weighted by Crippen LogP contribution is 2.26. The number of benzene rings is 2. The number of hydrogen-bond donors (Lipinski definition) is 1. The summed E-state index contributed by atoms with van der Waals surface area (Å²) < 4.78 is 41.9. The fourth-order valence-electron chi connectivity index (χ4n) is 3.79. The van der Waals surface area contributed by atoms with E-state index in [1.807, 2.05) is 30.3 Å². The predicted octanol–water partition coefficient (Wildman–Crippen LogP) is 3.72. The highest BCUT2D eigenvalue weighted by molar-refractivity contribution is 5.78. The van der Waals surface area contributed by atoms with Crippen molar-refractivity contribution in [3.63, 3.8) is 0 Å². The molecule has 1 atom stereocenters. The van der Waals surface area contributed by atoms with Gasteiger partial charge in [0.05, 0.1) is 12.2 Å². The molecular weight excluding hydrogens is 455 g/mol. The molecular formula is C22H20F3N5O4. The van der Waals surface area contributed by atoms with Crippen LogP contribution in [0.2, 0.25) is 0 Å². The van der Waals surface area contributed by atoms with Crippen LogP contribution in [0.3, 0.4) is 0 Å². The van der Waals surface area contributed by atoms with Crippen molar-refractivity contribution < 1.29 is 32.6 Å². The van der Waals surface area contributed by atoms with Gasteiger partial charge in [0.2, 0.25) is 0 Å². The maximum absolute atomic E-state index is 13.2. The summed E-state index contributed by atoms with van der Waals surface area (Å²) in [5, 5.41) is 17.2. The van der Waals surface area contributed by atoms with Crippen molar-refractivity contribution in [2.75, 3.05) is 19.6 Å². The molecule has 2 aromatic carbocycles. The summed E-state index contributed by atoms with van der Waals surface area (Å²) in [4.78, 5) is 27.5. The Labute approximate surface area is 192 Å². The third-order valence-electron chi connectivity index (χ3n) is 5.39. The Morgan fingerprint density at radius 1 is 1.06 bits per heavy atom. The average molecular weight is 475 g/mol. The quantitative estimate of drug-likeness (QED) is 0.617. The molecule has 178 valence electrons. The van der Waals surface area contributed by atoms with Gasteiger partial charge in [0, 0.05) is 25.2 Å². The molecule has 3 aromatic rings. The first kappa shape index (κ1) is 23.1. The molecule has 1 aromatic heterocycles. The molecule has 0 saturated carbocycles. The first-order chi connectivity index (χ1) is 16.2. The Hall–Kier alpha value is -4.09.